The van der Waals surface area contributed by atoms with Gasteiger partial charge >= 0.3 is 0 Å². The number of carbonyl (C=O) groups is 1. The van der Waals surface area contributed by atoms with Gasteiger partial charge in [0.15, 0.2) is 5.78 Å². The van der Waals surface area contributed by atoms with Crippen molar-refractivity contribution in [2.75, 3.05) is 0 Å². The molecule has 0 saturated carbocycles. The number of hydrogen-bond acceptors (Lipinski definition) is 2. The molecule has 0 atom stereocenters. The van der Waals surface area contributed by atoms with Crippen LogP contribution in [0.2, 0.25) is 0 Å². The predicted octanol–water partition coefficient (Wildman–Crippen LogP) is 6.34. The van der Waals surface area contributed by atoms with Crippen LogP contribution < -0.4 is 0 Å². The second-order valence-corrected chi connectivity index (χ2v) is 7.99. The number of fused-ring (bicyclic) bond motifs is 2. The Morgan fingerprint density at radius 1 is 0.828 bits per heavy atom. The van der Waals surface area contributed by atoms with E-state index in [1.807, 2.05) is 80.0 Å². The van der Waals surface area contributed by atoms with Gasteiger partial charge in [-0.25, -0.2) is 4.99 Å². The number of carbonyl (C=O) groups excluding carboxylic acids is 1. The first-order valence-corrected chi connectivity index (χ1v) is 10.2. The van der Waals surface area contributed by atoms with Gasteiger partial charge in [-0.3, -0.25) is 4.79 Å². The van der Waals surface area contributed by atoms with Crippen molar-refractivity contribution in [1.29, 1.82) is 0 Å². The molecule has 4 aromatic rings. The van der Waals surface area contributed by atoms with Gasteiger partial charge in [-0.1, -0.05) is 58.4 Å². The Kier molecular flexibility index (Phi) is 4.29. The van der Waals surface area contributed by atoms with Crippen LogP contribution in [-0.2, 0) is 7.05 Å². The number of aromatic nitrogens is 1. The zero-order chi connectivity index (χ0) is 20.0. The van der Waals surface area contributed by atoms with Crippen molar-refractivity contribution in [3.05, 3.63) is 106 Å². The minimum Gasteiger partial charge on any atom is -0.350 e. The number of para-hydroxylation sites is 1. The largest absolute Gasteiger partial charge is 0.350 e. The summed E-state index contributed by atoms with van der Waals surface area (Å²) in [7, 11) is 2.00. The smallest absolute Gasteiger partial charge is 0.194 e. The third kappa shape index (κ3) is 3.06. The van der Waals surface area contributed by atoms with Crippen molar-refractivity contribution < 1.29 is 4.79 Å². The standard InChI is InChI=1S/C25H17BrN2O/c1-28-15-22(19-7-4-5-9-24(19)28)21-14-23(27-17-12-10-16(26)11-13-17)18-6-2-3-8-20(18)25(21)29/h2-15H,1H3. The van der Waals surface area contributed by atoms with Gasteiger partial charge in [0.25, 0.3) is 0 Å². The van der Waals surface area contributed by atoms with Gasteiger partial charge in [-0.15, -0.1) is 0 Å². The predicted molar refractivity (Wildman–Crippen MR) is 122 cm³/mol. The molecule has 0 N–H and O–H groups in total. The molecule has 0 fully saturated rings. The van der Waals surface area contributed by atoms with Gasteiger partial charge in [-0.05, 0) is 36.4 Å². The van der Waals surface area contributed by atoms with Gasteiger partial charge in [-0.2, -0.15) is 0 Å². The van der Waals surface area contributed by atoms with Crippen molar-refractivity contribution in [3.8, 4) is 0 Å². The number of halogens is 1. The quantitative estimate of drug-likeness (QED) is 0.357. The molecule has 3 nitrogen and oxygen atoms in total. The molecule has 0 unspecified atom stereocenters. The molecule has 4 heteroatoms. The highest BCUT2D eigenvalue weighted by molar-refractivity contribution is 9.10. The molecule has 1 aliphatic rings. The monoisotopic (exact) mass is 440 g/mol. The first-order chi connectivity index (χ1) is 14.1. The summed E-state index contributed by atoms with van der Waals surface area (Å²) in [6.45, 7) is 0. The van der Waals surface area contributed by atoms with E-state index < -0.39 is 0 Å². The number of benzene rings is 3. The lowest BCUT2D eigenvalue weighted by atomic mass is 9.85. The van der Waals surface area contributed by atoms with Crippen LogP contribution in [0.1, 0.15) is 21.5 Å². The molecule has 0 spiro atoms. The fraction of sp³-hybridized carbons (Fsp3) is 0.0400. The van der Waals surface area contributed by atoms with Gasteiger partial charge in [0.05, 0.1) is 11.4 Å². The van der Waals surface area contributed by atoms with Crippen LogP contribution in [0.3, 0.4) is 0 Å². The molecule has 0 radical (unpaired) electrons. The second kappa shape index (κ2) is 6.98. The highest BCUT2D eigenvalue weighted by Gasteiger charge is 2.26. The minimum atomic E-state index is 0.0340. The van der Waals surface area contributed by atoms with Gasteiger partial charge in [0.2, 0.25) is 0 Å². The van der Waals surface area contributed by atoms with Crippen LogP contribution in [0.25, 0.3) is 16.5 Å². The van der Waals surface area contributed by atoms with E-state index in [1.165, 1.54) is 0 Å². The average Bonchev–Trinajstić information content (AvgIpc) is 3.08. The summed E-state index contributed by atoms with van der Waals surface area (Å²) < 4.78 is 3.07. The van der Waals surface area contributed by atoms with Gasteiger partial charge in [0.1, 0.15) is 0 Å². The summed E-state index contributed by atoms with van der Waals surface area (Å²) in [5.74, 6) is 0.0340. The molecule has 29 heavy (non-hydrogen) atoms. The first kappa shape index (κ1) is 17.8. The second-order valence-electron chi connectivity index (χ2n) is 7.08. The topological polar surface area (TPSA) is 34.4 Å². The number of Topliss-reactive ketones (excluding diaryl/α,β-unsaturated/α-hetero) is 1. The molecular weight excluding hydrogens is 424 g/mol. The van der Waals surface area contributed by atoms with Gasteiger partial charge < -0.3 is 4.57 Å². The molecule has 140 valence electrons. The third-order valence-electron chi connectivity index (χ3n) is 5.24. The number of aryl methyl sites for hydroxylation is 1. The van der Waals surface area contributed by atoms with Crippen molar-refractivity contribution in [2.45, 2.75) is 0 Å². The van der Waals surface area contributed by atoms with Crippen molar-refractivity contribution in [3.63, 3.8) is 0 Å². The average molecular weight is 441 g/mol. The molecule has 0 saturated heterocycles. The molecule has 3 aromatic carbocycles. The summed E-state index contributed by atoms with van der Waals surface area (Å²) in [6.07, 6.45) is 3.95. The van der Waals surface area contributed by atoms with E-state index in [2.05, 4.69) is 32.6 Å². The zero-order valence-electron chi connectivity index (χ0n) is 15.8. The number of rotatable bonds is 2. The van der Waals surface area contributed by atoms with Crippen molar-refractivity contribution in [1.82, 2.24) is 4.57 Å². The van der Waals surface area contributed by atoms with Gasteiger partial charge in [0, 0.05) is 50.9 Å². The maximum absolute atomic E-state index is 13.4. The maximum Gasteiger partial charge on any atom is 0.194 e. The Morgan fingerprint density at radius 2 is 1.52 bits per heavy atom. The normalized spacial score (nSPS) is 14.9. The van der Waals surface area contributed by atoms with E-state index in [0.29, 0.717) is 11.1 Å². The van der Waals surface area contributed by atoms with Crippen LogP contribution >= 0.6 is 15.9 Å². The number of aliphatic imine (C=N–C) groups is 1. The molecule has 0 amide bonds. The van der Waals surface area contributed by atoms with Crippen LogP contribution in [-0.4, -0.2) is 16.1 Å². The number of ketones is 1. The Bertz CT molecular complexity index is 1330. The zero-order valence-corrected chi connectivity index (χ0v) is 17.3. The van der Waals surface area contributed by atoms with E-state index in [4.69, 9.17) is 4.99 Å². The Labute approximate surface area is 177 Å². The SMILES string of the molecule is Cn1cc(C2=CC(=Nc3ccc(Br)cc3)c3ccccc3C2=O)c2ccccc21. The van der Waals surface area contributed by atoms with E-state index in [1.54, 1.807) is 0 Å². The fourth-order valence-electron chi connectivity index (χ4n) is 3.83. The van der Waals surface area contributed by atoms with Crippen LogP contribution in [0, 0.1) is 0 Å². The maximum atomic E-state index is 13.4. The summed E-state index contributed by atoms with van der Waals surface area (Å²) >= 11 is 3.46. The summed E-state index contributed by atoms with van der Waals surface area (Å²) in [5.41, 5.74) is 5.91. The van der Waals surface area contributed by atoms with E-state index in [-0.39, 0.29) is 5.78 Å². The van der Waals surface area contributed by atoms with E-state index >= 15 is 0 Å². The van der Waals surface area contributed by atoms with E-state index in [9.17, 15) is 4.79 Å². The molecule has 0 bridgehead atoms. The number of hydrogen-bond donors (Lipinski definition) is 0. The minimum absolute atomic E-state index is 0.0340. The molecule has 1 aromatic heterocycles. The Hall–Kier alpha value is -3.24. The number of allylic oxidation sites excluding steroid dienone is 2. The van der Waals surface area contributed by atoms with Crippen molar-refractivity contribution in [2.24, 2.45) is 12.0 Å². The lowest BCUT2D eigenvalue weighted by molar-refractivity contribution is 0.105. The number of nitrogens with zero attached hydrogens (tertiary/aromatic N) is 2. The highest BCUT2D eigenvalue weighted by Crippen LogP contribution is 2.34. The summed E-state index contributed by atoms with van der Waals surface area (Å²) in [5, 5.41) is 1.07. The Balaban J connectivity index is 1.74. The molecular formula is C25H17BrN2O. The molecule has 0 aliphatic heterocycles. The molecule has 1 heterocycles. The van der Waals surface area contributed by atoms with Crippen LogP contribution in [0.4, 0.5) is 5.69 Å². The third-order valence-corrected chi connectivity index (χ3v) is 5.77. The van der Waals surface area contributed by atoms with Crippen LogP contribution in [0.5, 0.6) is 0 Å². The lowest BCUT2D eigenvalue weighted by Gasteiger charge is -2.17. The first-order valence-electron chi connectivity index (χ1n) is 9.36. The highest BCUT2D eigenvalue weighted by atomic mass is 79.9. The summed E-state index contributed by atoms with van der Waals surface area (Å²) in [4.78, 5) is 18.2. The van der Waals surface area contributed by atoms with E-state index in [0.717, 1.165) is 37.9 Å². The van der Waals surface area contributed by atoms with Crippen molar-refractivity contribution >= 4 is 49.6 Å². The van der Waals surface area contributed by atoms with Crippen LogP contribution in [0.15, 0.2) is 94.5 Å². The molecule has 5 rings (SSSR count). The lowest BCUT2D eigenvalue weighted by Crippen LogP contribution is -2.16. The Morgan fingerprint density at radius 3 is 2.31 bits per heavy atom. The molecule has 1 aliphatic carbocycles. The summed E-state index contributed by atoms with van der Waals surface area (Å²) in [6, 6.07) is 23.7. The fourth-order valence-corrected chi connectivity index (χ4v) is 4.10.